The number of carbonyl (C=O) groups is 2. The third-order valence-electron chi connectivity index (χ3n) is 11.5. The molecule has 1 fully saturated rings. The predicted octanol–water partition coefficient (Wildman–Crippen LogP) is 13.1. The fourth-order valence-corrected chi connectivity index (χ4v) is 7.72. The molecular formula is C56H124O11. The molecule has 8 unspecified atom stereocenters. The number of ether oxygens (including phenoxy) is 4. The number of unbranched alkanes of at least 4 members (excludes halogenated alkanes) is 1. The van der Waals surface area contributed by atoms with Crippen molar-refractivity contribution in [1.82, 2.24) is 0 Å². The molecule has 0 aromatic rings. The smallest absolute Gasteiger partial charge is 0.119 e. The van der Waals surface area contributed by atoms with Gasteiger partial charge in [0.2, 0.25) is 0 Å². The van der Waals surface area contributed by atoms with Crippen LogP contribution in [0, 0.1) is 33.5 Å². The summed E-state index contributed by atoms with van der Waals surface area (Å²) in [6, 6.07) is 0. The molecule has 0 aliphatic heterocycles. The lowest BCUT2D eigenvalue weighted by Crippen LogP contribution is -2.45. The molecule has 0 heterocycles. The number of rotatable bonds is 23. The molecule has 8 atom stereocenters. The normalized spacial score (nSPS) is 18.8. The maximum atomic E-state index is 9.54. The quantitative estimate of drug-likeness (QED) is 0.0487. The standard InChI is InChI=1S/C30H58O2.C6H14O3.C5H12O2.C5H12O.C3H6O.2C2H6.CH4O.CH2O.CH4/c1-12-15-16-29(10,21-27(5,6)7)25(14-3)24(13-2)26-19-28(8,9)17-18-30(26,11)22-32-23(4)20-31;1-6(2-3-7)9-5-4-8;1-5(7-2)3-4-6;1-4-5(2)6-3;1-2-3-4;4*1-2;/h13,23,25-26,31H,12,14-22H2,1-11H3;6-8H,2-5H2,1H3;5-6H,3-4H2,1-2H3;5H,4H2,1-3H3;3H,2H2,1H3;2*1-2H3;2H,1H3;1H2;1H4/b24-13+;;;;;;;;;. The molecule has 1 aliphatic carbocycles. The highest BCUT2D eigenvalue weighted by Crippen LogP contribution is 2.57. The monoisotopic (exact) mass is 973 g/mol. The van der Waals surface area contributed by atoms with Gasteiger partial charge in [0.05, 0.1) is 50.8 Å². The summed E-state index contributed by atoms with van der Waals surface area (Å²) >= 11 is 0. The van der Waals surface area contributed by atoms with E-state index in [4.69, 9.17) is 44.2 Å². The zero-order valence-corrected chi connectivity index (χ0v) is 48.2. The van der Waals surface area contributed by atoms with Crippen molar-refractivity contribution >= 4 is 13.1 Å². The highest BCUT2D eigenvalue weighted by atomic mass is 16.5. The van der Waals surface area contributed by atoms with E-state index in [1.807, 2.05) is 62.2 Å². The first-order valence-electron chi connectivity index (χ1n) is 25.6. The fraction of sp³-hybridized carbons (Fsp3) is 0.929. The van der Waals surface area contributed by atoms with Crippen molar-refractivity contribution in [2.45, 2.75) is 247 Å². The molecule has 0 bridgehead atoms. The first-order valence-corrected chi connectivity index (χ1v) is 25.6. The summed E-state index contributed by atoms with van der Waals surface area (Å²) in [7, 11) is 4.37. The van der Waals surface area contributed by atoms with Crippen LogP contribution in [0.4, 0.5) is 0 Å². The van der Waals surface area contributed by atoms with Crippen LogP contribution in [-0.4, -0.2) is 124 Å². The van der Waals surface area contributed by atoms with Crippen LogP contribution < -0.4 is 0 Å². The highest BCUT2D eigenvalue weighted by molar-refractivity contribution is 5.48. The number of aliphatic hydroxyl groups excluding tert-OH is 5. The summed E-state index contributed by atoms with van der Waals surface area (Å²) in [6.07, 6.45) is 17.1. The maximum Gasteiger partial charge on any atom is 0.119 e. The average Bonchev–Trinajstić information content (AvgIpc) is 3.32. The van der Waals surface area contributed by atoms with Crippen molar-refractivity contribution in [3.8, 4) is 0 Å². The van der Waals surface area contributed by atoms with E-state index < -0.39 is 0 Å². The molecule has 414 valence electrons. The minimum atomic E-state index is -0.0887. The minimum Gasteiger partial charge on any atom is -0.400 e. The van der Waals surface area contributed by atoms with E-state index in [1.165, 1.54) is 51.4 Å². The van der Waals surface area contributed by atoms with Gasteiger partial charge >= 0.3 is 0 Å². The van der Waals surface area contributed by atoms with Gasteiger partial charge in [0.25, 0.3) is 0 Å². The van der Waals surface area contributed by atoms with E-state index in [1.54, 1.807) is 19.8 Å². The Hall–Kier alpha value is -1.28. The Balaban J connectivity index is -0.000000111. The van der Waals surface area contributed by atoms with Gasteiger partial charge in [0.1, 0.15) is 13.1 Å². The molecule has 11 nitrogen and oxygen atoms in total. The first-order chi connectivity index (χ1) is 31.0. The van der Waals surface area contributed by atoms with Crippen LogP contribution >= 0.6 is 0 Å². The van der Waals surface area contributed by atoms with Crippen molar-refractivity contribution in [2.24, 2.45) is 33.5 Å². The van der Waals surface area contributed by atoms with E-state index in [0.29, 0.717) is 53.6 Å². The van der Waals surface area contributed by atoms with E-state index in [-0.39, 0.29) is 57.6 Å². The molecule has 1 saturated carbocycles. The lowest BCUT2D eigenvalue weighted by molar-refractivity contribution is -0.107. The van der Waals surface area contributed by atoms with Gasteiger partial charge in [-0.05, 0) is 126 Å². The Morgan fingerprint density at radius 2 is 1.21 bits per heavy atom. The Morgan fingerprint density at radius 1 is 0.746 bits per heavy atom. The third kappa shape index (κ3) is 50.9. The van der Waals surface area contributed by atoms with Crippen LogP contribution in [-0.2, 0) is 28.5 Å². The molecule has 0 aromatic heterocycles. The van der Waals surface area contributed by atoms with Crippen molar-refractivity contribution in [1.29, 1.82) is 0 Å². The third-order valence-corrected chi connectivity index (χ3v) is 11.5. The fourth-order valence-electron chi connectivity index (χ4n) is 7.72. The van der Waals surface area contributed by atoms with Crippen molar-refractivity contribution in [3.05, 3.63) is 11.6 Å². The van der Waals surface area contributed by atoms with Crippen LogP contribution in [0.5, 0.6) is 0 Å². The number of methoxy groups -OCH3 is 2. The lowest BCUT2D eigenvalue weighted by atomic mass is 9.53. The molecule has 0 spiro atoms. The summed E-state index contributed by atoms with van der Waals surface area (Å²) in [5, 5.41) is 41.5. The molecule has 0 radical (unpaired) electrons. The maximum absolute atomic E-state index is 9.54. The van der Waals surface area contributed by atoms with E-state index >= 15 is 0 Å². The van der Waals surface area contributed by atoms with Gasteiger partial charge in [-0.1, -0.05) is 136 Å². The zero-order valence-electron chi connectivity index (χ0n) is 48.2. The van der Waals surface area contributed by atoms with E-state index in [9.17, 15) is 9.90 Å². The van der Waals surface area contributed by atoms with Gasteiger partial charge in [0, 0.05) is 41.0 Å². The van der Waals surface area contributed by atoms with Crippen LogP contribution in [0.3, 0.4) is 0 Å². The second-order valence-corrected chi connectivity index (χ2v) is 19.1. The van der Waals surface area contributed by atoms with Crippen LogP contribution in [0.15, 0.2) is 11.6 Å². The molecule has 11 heteroatoms. The van der Waals surface area contributed by atoms with Gasteiger partial charge in [-0.3, -0.25) is 0 Å². The van der Waals surface area contributed by atoms with Crippen molar-refractivity contribution < 1.29 is 54.1 Å². The largest absolute Gasteiger partial charge is 0.400 e. The van der Waals surface area contributed by atoms with Crippen LogP contribution in [0.25, 0.3) is 0 Å². The van der Waals surface area contributed by atoms with Crippen molar-refractivity contribution in [2.75, 3.05) is 61.0 Å². The number of carbonyl (C=O) groups excluding carboxylic acids is 2. The van der Waals surface area contributed by atoms with Gasteiger partial charge in [-0.2, -0.15) is 0 Å². The van der Waals surface area contributed by atoms with Crippen molar-refractivity contribution in [3.63, 3.8) is 0 Å². The Bertz CT molecular complexity index is 967. The number of hydrogen-bond donors (Lipinski definition) is 5. The number of allylic oxidation sites excluding steroid dienone is 2. The molecule has 0 aromatic carbocycles. The Kier molecular flexibility index (Phi) is 73.2. The van der Waals surface area contributed by atoms with Gasteiger partial charge < -0.3 is 54.1 Å². The van der Waals surface area contributed by atoms with E-state index in [2.05, 4.69) is 89.2 Å². The Morgan fingerprint density at radius 3 is 1.51 bits per heavy atom. The van der Waals surface area contributed by atoms with Gasteiger partial charge in [-0.25, -0.2) is 0 Å². The molecule has 5 N–H and O–H groups in total. The first kappa shape index (κ1) is 85.6. The molecule has 0 amide bonds. The summed E-state index contributed by atoms with van der Waals surface area (Å²) in [5.74, 6) is 1.14. The molecule has 1 aliphatic rings. The molecule has 67 heavy (non-hydrogen) atoms. The molecule has 0 saturated heterocycles. The summed E-state index contributed by atoms with van der Waals surface area (Å²) in [4.78, 5) is 17.2. The lowest BCUT2D eigenvalue weighted by Gasteiger charge is -2.53. The topological polar surface area (TPSA) is 172 Å². The second kappa shape index (κ2) is 57.3. The summed E-state index contributed by atoms with van der Waals surface area (Å²) in [6.45, 7) is 47.6. The van der Waals surface area contributed by atoms with Gasteiger partial charge in [-0.15, -0.1) is 0 Å². The zero-order chi connectivity index (χ0) is 54.0. The van der Waals surface area contributed by atoms with Gasteiger partial charge in [0.15, 0.2) is 0 Å². The number of aliphatic hydroxyl groups is 5. The van der Waals surface area contributed by atoms with Crippen LogP contribution in [0.1, 0.15) is 223 Å². The van der Waals surface area contributed by atoms with E-state index in [0.717, 1.165) is 32.8 Å². The summed E-state index contributed by atoms with van der Waals surface area (Å²) < 4.78 is 20.9. The molecular weight excluding hydrogens is 849 g/mol. The Labute approximate surface area is 419 Å². The SMILES string of the molecule is C.C/C=C(/C1CC(C)(C)CCC1(C)COC(C)CO)C(CC)C(C)(CCCC)CC(C)(C)C.C=O.CC.CC.CC(CCO)OCCO.CCC(C)OC.CCC=O.CO.COC(C)CCO. The summed E-state index contributed by atoms with van der Waals surface area (Å²) in [5.41, 5.74) is 2.81. The average molecular weight is 974 g/mol. The minimum absolute atomic E-state index is 0. The van der Waals surface area contributed by atoms with Crippen LogP contribution in [0.2, 0.25) is 0 Å². The number of aldehydes is 1. The highest BCUT2D eigenvalue weighted by Gasteiger charge is 2.48. The second-order valence-electron chi connectivity index (χ2n) is 19.1. The molecule has 1 rings (SSSR count). The predicted molar refractivity (Wildman–Crippen MR) is 291 cm³/mol. The number of hydrogen-bond acceptors (Lipinski definition) is 11.